The van der Waals surface area contributed by atoms with Gasteiger partial charge in [0.2, 0.25) is 0 Å². The molecule has 10 heteroatoms. The Morgan fingerprint density at radius 1 is 1.00 bits per heavy atom. The molecule has 4 aromatic rings. The van der Waals surface area contributed by atoms with Crippen molar-refractivity contribution >= 4 is 28.6 Å². The van der Waals surface area contributed by atoms with Gasteiger partial charge in [-0.15, -0.1) is 11.3 Å². The zero-order valence-corrected chi connectivity index (χ0v) is 19.9. The van der Waals surface area contributed by atoms with Crippen molar-refractivity contribution in [3.63, 3.8) is 0 Å². The molecule has 178 valence electrons. The van der Waals surface area contributed by atoms with Crippen LogP contribution in [0.1, 0.15) is 10.5 Å². The van der Waals surface area contributed by atoms with Crippen molar-refractivity contribution in [2.24, 2.45) is 0 Å². The predicted octanol–water partition coefficient (Wildman–Crippen LogP) is 4.48. The largest absolute Gasteiger partial charge is 0.497 e. The van der Waals surface area contributed by atoms with Gasteiger partial charge in [-0.05, 0) is 53.9 Å². The molecule has 0 radical (unpaired) electrons. The molecule has 0 saturated carbocycles. The minimum Gasteiger partial charge on any atom is -0.497 e. The van der Waals surface area contributed by atoms with Crippen LogP contribution in [0, 0.1) is 10.1 Å². The van der Waals surface area contributed by atoms with Gasteiger partial charge in [-0.25, -0.2) is 4.68 Å². The molecule has 0 atom stereocenters. The highest BCUT2D eigenvalue weighted by molar-refractivity contribution is 7.13. The van der Waals surface area contributed by atoms with Gasteiger partial charge < -0.3 is 14.5 Å². The maximum Gasteiger partial charge on any atom is 0.272 e. The molecule has 2 aromatic heterocycles. The lowest BCUT2D eigenvalue weighted by molar-refractivity contribution is -0.384. The highest BCUT2D eigenvalue weighted by Crippen LogP contribution is 2.28. The van der Waals surface area contributed by atoms with Crippen molar-refractivity contribution in [2.75, 3.05) is 38.2 Å². The van der Waals surface area contributed by atoms with Gasteiger partial charge in [0.05, 0.1) is 22.6 Å². The molecular formula is C25H23N5O4S. The van der Waals surface area contributed by atoms with Crippen molar-refractivity contribution in [3.8, 4) is 22.0 Å². The number of carbonyl (C=O) groups excluding carboxylic acids is 1. The molecule has 1 saturated heterocycles. The van der Waals surface area contributed by atoms with Crippen molar-refractivity contribution in [2.45, 2.75) is 0 Å². The molecule has 9 nitrogen and oxygen atoms in total. The highest BCUT2D eigenvalue weighted by atomic mass is 32.1. The van der Waals surface area contributed by atoms with E-state index >= 15 is 0 Å². The first-order chi connectivity index (χ1) is 17.0. The lowest BCUT2D eigenvalue weighted by Gasteiger charge is -2.36. The van der Waals surface area contributed by atoms with E-state index in [-0.39, 0.29) is 11.6 Å². The molecule has 0 N–H and O–H groups in total. The third-order valence-corrected chi connectivity index (χ3v) is 6.90. The SMILES string of the molecule is COc1ccc(-n2nc(-c3cccs3)cc2C(=O)N2CCN(c3ccc([N+](=O)[O-])cc3)CC2)cc1. The fraction of sp³-hybridized carbons (Fsp3) is 0.200. The van der Waals surface area contributed by atoms with Crippen LogP contribution in [0.25, 0.3) is 16.3 Å². The number of piperazine rings is 1. The number of ether oxygens (including phenoxy) is 1. The molecule has 0 unspecified atom stereocenters. The second-order valence-corrected chi connectivity index (χ2v) is 9.00. The molecule has 0 aliphatic carbocycles. The van der Waals surface area contributed by atoms with Gasteiger partial charge in [0.25, 0.3) is 11.6 Å². The van der Waals surface area contributed by atoms with Gasteiger partial charge in [0.15, 0.2) is 0 Å². The number of methoxy groups -OCH3 is 1. The quantitative estimate of drug-likeness (QED) is 0.293. The average molecular weight is 490 g/mol. The fourth-order valence-electron chi connectivity index (χ4n) is 4.11. The van der Waals surface area contributed by atoms with Crippen LogP contribution in [0.15, 0.2) is 72.1 Å². The number of thiophene rings is 1. The maximum absolute atomic E-state index is 13.6. The van der Waals surface area contributed by atoms with Crippen LogP contribution < -0.4 is 9.64 Å². The second-order valence-electron chi connectivity index (χ2n) is 8.05. The molecule has 2 aromatic carbocycles. The summed E-state index contributed by atoms with van der Waals surface area (Å²) in [7, 11) is 1.61. The Bertz CT molecular complexity index is 1330. The number of amides is 1. The van der Waals surface area contributed by atoms with Gasteiger partial charge in [0, 0.05) is 44.0 Å². The molecule has 1 fully saturated rings. The Morgan fingerprint density at radius 3 is 2.29 bits per heavy atom. The van der Waals surface area contributed by atoms with E-state index in [0.29, 0.717) is 31.9 Å². The van der Waals surface area contributed by atoms with Gasteiger partial charge >= 0.3 is 0 Å². The van der Waals surface area contributed by atoms with Crippen LogP contribution in [0.2, 0.25) is 0 Å². The number of rotatable bonds is 6. The van der Waals surface area contributed by atoms with E-state index in [1.165, 1.54) is 12.1 Å². The summed E-state index contributed by atoms with van der Waals surface area (Å²) in [6.45, 7) is 2.35. The molecule has 5 rings (SSSR count). The van der Waals surface area contributed by atoms with E-state index in [2.05, 4.69) is 4.90 Å². The van der Waals surface area contributed by atoms with Crippen LogP contribution >= 0.6 is 11.3 Å². The van der Waals surface area contributed by atoms with E-state index in [0.717, 1.165) is 27.7 Å². The smallest absolute Gasteiger partial charge is 0.272 e. The van der Waals surface area contributed by atoms with Gasteiger partial charge in [-0.3, -0.25) is 14.9 Å². The number of non-ortho nitro benzene ring substituents is 1. The van der Waals surface area contributed by atoms with Crippen LogP contribution in [-0.4, -0.2) is 58.8 Å². The van der Waals surface area contributed by atoms with Crippen LogP contribution in [0.4, 0.5) is 11.4 Å². The standard InChI is InChI=1S/C25H23N5O4S/c1-34-21-10-8-19(9-11-21)29-23(17-22(26-29)24-3-2-16-35-24)25(31)28-14-12-27(13-15-28)18-4-6-20(7-5-18)30(32)33/h2-11,16-17H,12-15H2,1H3. The Kier molecular flexibility index (Phi) is 6.19. The third-order valence-electron chi connectivity index (χ3n) is 6.01. The van der Waals surface area contributed by atoms with E-state index in [1.807, 2.05) is 52.7 Å². The molecule has 0 bridgehead atoms. The lowest BCUT2D eigenvalue weighted by Crippen LogP contribution is -2.49. The summed E-state index contributed by atoms with van der Waals surface area (Å²) in [5.41, 5.74) is 3.01. The number of hydrogen-bond acceptors (Lipinski definition) is 7. The molecular weight excluding hydrogens is 466 g/mol. The first-order valence-electron chi connectivity index (χ1n) is 11.1. The highest BCUT2D eigenvalue weighted by Gasteiger charge is 2.27. The number of nitro benzene ring substituents is 1. The number of benzene rings is 2. The number of hydrogen-bond donors (Lipinski definition) is 0. The molecule has 1 aliphatic heterocycles. The van der Waals surface area contributed by atoms with Crippen molar-refractivity contribution in [3.05, 3.63) is 87.9 Å². The lowest BCUT2D eigenvalue weighted by atomic mass is 10.2. The van der Waals surface area contributed by atoms with Crippen LogP contribution in [0.3, 0.4) is 0 Å². The van der Waals surface area contributed by atoms with E-state index < -0.39 is 4.92 Å². The average Bonchev–Trinajstić information content (AvgIpc) is 3.59. The topological polar surface area (TPSA) is 93.7 Å². The summed E-state index contributed by atoms with van der Waals surface area (Å²) in [5.74, 6) is 0.647. The monoisotopic (exact) mass is 489 g/mol. The summed E-state index contributed by atoms with van der Waals surface area (Å²) < 4.78 is 6.96. The second kappa shape index (κ2) is 9.59. The Hall–Kier alpha value is -4.18. The van der Waals surface area contributed by atoms with Crippen LogP contribution in [-0.2, 0) is 0 Å². The number of nitro groups is 1. The Morgan fingerprint density at radius 2 is 1.69 bits per heavy atom. The number of aromatic nitrogens is 2. The zero-order chi connectivity index (χ0) is 24.4. The van der Waals surface area contributed by atoms with E-state index in [1.54, 1.807) is 35.3 Å². The Labute approximate surface area is 205 Å². The molecule has 3 heterocycles. The molecule has 1 aliphatic rings. The van der Waals surface area contributed by atoms with Crippen molar-refractivity contribution in [1.29, 1.82) is 0 Å². The summed E-state index contributed by atoms with van der Waals surface area (Å²) in [6.07, 6.45) is 0. The summed E-state index contributed by atoms with van der Waals surface area (Å²) in [4.78, 5) is 29.1. The first kappa shape index (κ1) is 22.6. The minimum absolute atomic E-state index is 0.0657. The number of anilines is 1. The summed E-state index contributed by atoms with van der Waals surface area (Å²) in [6, 6.07) is 19.8. The zero-order valence-electron chi connectivity index (χ0n) is 19.0. The molecule has 0 spiro atoms. The summed E-state index contributed by atoms with van der Waals surface area (Å²) >= 11 is 1.58. The van der Waals surface area contributed by atoms with Crippen LogP contribution in [0.5, 0.6) is 5.75 Å². The van der Waals surface area contributed by atoms with E-state index in [9.17, 15) is 14.9 Å². The Balaban J connectivity index is 1.37. The normalized spacial score (nSPS) is 13.6. The molecule has 35 heavy (non-hydrogen) atoms. The number of carbonyl (C=O) groups is 1. The van der Waals surface area contributed by atoms with Gasteiger partial charge in [0.1, 0.15) is 17.1 Å². The predicted molar refractivity (Wildman–Crippen MR) is 135 cm³/mol. The third kappa shape index (κ3) is 4.60. The number of nitrogens with zero attached hydrogens (tertiary/aromatic N) is 5. The van der Waals surface area contributed by atoms with Crippen molar-refractivity contribution in [1.82, 2.24) is 14.7 Å². The van der Waals surface area contributed by atoms with Gasteiger partial charge in [-0.2, -0.15) is 5.10 Å². The minimum atomic E-state index is -0.406. The summed E-state index contributed by atoms with van der Waals surface area (Å²) in [5, 5.41) is 17.7. The van der Waals surface area contributed by atoms with Gasteiger partial charge in [-0.1, -0.05) is 6.07 Å². The maximum atomic E-state index is 13.6. The fourth-order valence-corrected chi connectivity index (χ4v) is 4.79. The first-order valence-corrected chi connectivity index (χ1v) is 12.0. The molecule has 1 amide bonds. The van der Waals surface area contributed by atoms with Crippen molar-refractivity contribution < 1.29 is 14.5 Å². The van der Waals surface area contributed by atoms with E-state index in [4.69, 9.17) is 9.84 Å².